The summed E-state index contributed by atoms with van der Waals surface area (Å²) in [7, 11) is 0. The fraction of sp³-hybridized carbons (Fsp3) is 0.529. The topological polar surface area (TPSA) is 66.8 Å². The zero-order chi connectivity index (χ0) is 16.4. The van der Waals surface area contributed by atoms with E-state index in [2.05, 4.69) is 0 Å². The molecule has 1 aromatic carbocycles. The van der Waals surface area contributed by atoms with E-state index in [0.29, 0.717) is 38.5 Å². The Balaban J connectivity index is 1.62. The van der Waals surface area contributed by atoms with Crippen LogP contribution < -0.4 is 0 Å². The summed E-state index contributed by atoms with van der Waals surface area (Å²) in [6.07, 6.45) is 0.488. The molecule has 2 fully saturated rings. The van der Waals surface area contributed by atoms with Crippen molar-refractivity contribution in [3.63, 3.8) is 0 Å². The summed E-state index contributed by atoms with van der Waals surface area (Å²) in [5.41, 5.74) is 0.371. The van der Waals surface area contributed by atoms with E-state index in [1.54, 1.807) is 4.90 Å². The van der Waals surface area contributed by atoms with Crippen LogP contribution in [0.2, 0.25) is 0 Å². The number of carboxylic acids is 1. The van der Waals surface area contributed by atoms with Gasteiger partial charge in [0.15, 0.2) is 0 Å². The fourth-order valence-electron chi connectivity index (χ4n) is 3.36. The van der Waals surface area contributed by atoms with Gasteiger partial charge < -0.3 is 14.7 Å². The highest BCUT2D eigenvalue weighted by atomic mass is 32.2. The van der Waals surface area contributed by atoms with E-state index in [-0.39, 0.29) is 11.8 Å². The zero-order valence-electron chi connectivity index (χ0n) is 13.2. The molecular formula is C17H21NO4S. The Hall–Kier alpha value is -1.53. The molecule has 2 atom stereocenters. The van der Waals surface area contributed by atoms with Crippen molar-refractivity contribution in [3.8, 4) is 0 Å². The molecule has 1 aromatic rings. The molecule has 124 valence electrons. The van der Waals surface area contributed by atoms with Gasteiger partial charge in [0.1, 0.15) is 0 Å². The normalized spacial score (nSPS) is 26.8. The lowest BCUT2D eigenvalue weighted by Gasteiger charge is -2.33. The Morgan fingerprint density at radius 2 is 2.13 bits per heavy atom. The first-order valence-electron chi connectivity index (χ1n) is 7.80. The largest absolute Gasteiger partial charge is 0.481 e. The maximum atomic E-state index is 12.5. The van der Waals surface area contributed by atoms with Gasteiger partial charge in [0.2, 0.25) is 5.91 Å². The number of carboxylic acid groups (broad SMARTS) is 1. The van der Waals surface area contributed by atoms with Crippen molar-refractivity contribution in [2.75, 3.05) is 32.1 Å². The molecule has 2 heterocycles. The lowest BCUT2D eigenvalue weighted by atomic mass is 9.74. The first-order chi connectivity index (χ1) is 11.0. The first kappa shape index (κ1) is 16.3. The minimum atomic E-state index is -0.817. The zero-order valence-corrected chi connectivity index (χ0v) is 14.0. The molecule has 2 saturated heterocycles. The summed E-state index contributed by atoms with van der Waals surface area (Å²) >= 11 is 1.49. The molecule has 1 N–H and O–H groups in total. The maximum Gasteiger partial charge on any atom is 0.311 e. The van der Waals surface area contributed by atoms with Crippen molar-refractivity contribution in [3.05, 3.63) is 29.8 Å². The van der Waals surface area contributed by atoms with Crippen molar-refractivity contribution < 1.29 is 19.4 Å². The maximum absolute atomic E-state index is 12.5. The molecule has 2 aliphatic rings. The second kappa shape index (κ2) is 6.53. The quantitative estimate of drug-likeness (QED) is 0.853. The van der Waals surface area contributed by atoms with Crippen molar-refractivity contribution in [2.24, 2.45) is 11.3 Å². The summed E-state index contributed by atoms with van der Waals surface area (Å²) in [5, 5.41) is 9.63. The van der Waals surface area contributed by atoms with E-state index >= 15 is 0 Å². The molecule has 0 aliphatic carbocycles. The molecule has 0 aromatic heterocycles. The monoisotopic (exact) mass is 335 g/mol. The van der Waals surface area contributed by atoms with E-state index in [1.807, 2.05) is 31.2 Å². The Morgan fingerprint density at radius 3 is 2.78 bits per heavy atom. The Kier molecular flexibility index (Phi) is 4.64. The summed E-state index contributed by atoms with van der Waals surface area (Å²) in [5.74, 6) is -0.549. The third-order valence-electron chi connectivity index (χ3n) is 4.87. The number of aliphatic carboxylic acids is 1. The number of aryl methyl sites for hydroxylation is 1. The van der Waals surface area contributed by atoms with Crippen LogP contribution in [0, 0.1) is 18.3 Å². The van der Waals surface area contributed by atoms with Gasteiger partial charge >= 0.3 is 5.97 Å². The molecule has 5 nitrogen and oxygen atoms in total. The molecule has 23 heavy (non-hydrogen) atoms. The van der Waals surface area contributed by atoms with Gasteiger partial charge in [-0.3, -0.25) is 9.59 Å². The van der Waals surface area contributed by atoms with Crippen LogP contribution in [-0.4, -0.2) is 53.9 Å². The lowest BCUT2D eigenvalue weighted by molar-refractivity contribution is -0.157. The van der Waals surface area contributed by atoms with Crippen LogP contribution in [0.5, 0.6) is 0 Å². The molecule has 2 aliphatic heterocycles. The molecular weight excluding hydrogens is 314 g/mol. The molecule has 0 spiro atoms. The van der Waals surface area contributed by atoms with Crippen LogP contribution in [0.4, 0.5) is 0 Å². The predicted octanol–water partition coefficient (Wildman–Crippen LogP) is 2.04. The number of nitrogens with zero attached hydrogens (tertiary/aromatic N) is 1. The van der Waals surface area contributed by atoms with Gasteiger partial charge in [-0.1, -0.05) is 17.7 Å². The van der Waals surface area contributed by atoms with Gasteiger partial charge in [0.05, 0.1) is 17.8 Å². The number of thioether (sulfide) groups is 1. The van der Waals surface area contributed by atoms with E-state index in [1.165, 1.54) is 17.3 Å². The molecule has 0 bridgehead atoms. The highest BCUT2D eigenvalue weighted by Gasteiger charge is 2.54. The van der Waals surface area contributed by atoms with E-state index in [0.717, 1.165) is 4.90 Å². The van der Waals surface area contributed by atoms with Crippen LogP contribution in [0.1, 0.15) is 12.0 Å². The van der Waals surface area contributed by atoms with Gasteiger partial charge in [-0.2, -0.15) is 0 Å². The number of benzene rings is 1. The molecule has 0 radical (unpaired) electrons. The van der Waals surface area contributed by atoms with Crippen LogP contribution in [0.3, 0.4) is 0 Å². The van der Waals surface area contributed by atoms with Crippen molar-refractivity contribution in [1.82, 2.24) is 4.90 Å². The van der Waals surface area contributed by atoms with Gasteiger partial charge in [-0.15, -0.1) is 11.8 Å². The van der Waals surface area contributed by atoms with Gasteiger partial charge in [-0.25, -0.2) is 0 Å². The highest BCUT2D eigenvalue weighted by molar-refractivity contribution is 8.00. The number of fused-ring (bicyclic) bond motifs is 1. The number of rotatable bonds is 4. The Labute approximate surface area is 140 Å². The van der Waals surface area contributed by atoms with Crippen LogP contribution in [0.15, 0.2) is 29.2 Å². The van der Waals surface area contributed by atoms with Crippen LogP contribution in [-0.2, 0) is 14.3 Å². The summed E-state index contributed by atoms with van der Waals surface area (Å²) in [4.78, 5) is 27.0. The molecule has 0 saturated carbocycles. The van der Waals surface area contributed by atoms with Crippen molar-refractivity contribution in [2.45, 2.75) is 18.2 Å². The number of carbonyl (C=O) groups is 2. The standard InChI is InChI=1S/C17H21NO4S/c1-12-2-4-14(5-3-12)23-10-15(19)18-8-13-9-22-7-6-17(13,11-18)16(20)21/h2-5,13H,6-11H2,1H3,(H,20,21)/t13-,17+/m0/s1. The third-order valence-corrected chi connectivity index (χ3v) is 5.87. The lowest BCUT2D eigenvalue weighted by Crippen LogP contribution is -2.45. The average molecular weight is 335 g/mol. The smallest absolute Gasteiger partial charge is 0.311 e. The van der Waals surface area contributed by atoms with Gasteiger partial charge in [0.25, 0.3) is 0 Å². The fourth-order valence-corrected chi connectivity index (χ4v) is 4.16. The second-order valence-electron chi connectivity index (χ2n) is 6.36. The number of carbonyl (C=O) groups excluding carboxylic acids is 1. The van der Waals surface area contributed by atoms with Crippen LogP contribution in [0.25, 0.3) is 0 Å². The molecule has 6 heteroatoms. The number of hydrogen-bond donors (Lipinski definition) is 1. The molecule has 0 unspecified atom stereocenters. The Morgan fingerprint density at radius 1 is 1.39 bits per heavy atom. The van der Waals surface area contributed by atoms with E-state index < -0.39 is 11.4 Å². The van der Waals surface area contributed by atoms with Gasteiger partial charge in [0, 0.05) is 30.5 Å². The minimum absolute atomic E-state index is 0.00519. The molecule has 1 amide bonds. The Bertz CT molecular complexity index is 603. The summed E-state index contributed by atoms with van der Waals surface area (Å²) in [6, 6.07) is 8.05. The number of ether oxygens (including phenoxy) is 1. The van der Waals surface area contributed by atoms with Crippen molar-refractivity contribution in [1.29, 1.82) is 0 Å². The molecule has 3 rings (SSSR count). The summed E-state index contributed by atoms with van der Waals surface area (Å²) in [6.45, 7) is 3.71. The number of likely N-dealkylation sites (tertiary alicyclic amines) is 1. The number of amides is 1. The summed E-state index contributed by atoms with van der Waals surface area (Å²) < 4.78 is 5.42. The predicted molar refractivity (Wildman–Crippen MR) is 87.5 cm³/mol. The SMILES string of the molecule is Cc1ccc(SCC(=O)N2C[C@H]3COCC[C@@]3(C(=O)O)C2)cc1. The average Bonchev–Trinajstić information content (AvgIpc) is 2.95. The van der Waals surface area contributed by atoms with E-state index in [4.69, 9.17) is 4.74 Å². The van der Waals surface area contributed by atoms with Gasteiger partial charge in [-0.05, 0) is 25.5 Å². The highest BCUT2D eigenvalue weighted by Crippen LogP contribution is 2.42. The second-order valence-corrected chi connectivity index (χ2v) is 7.41. The third kappa shape index (κ3) is 3.23. The van der Waals surface area contributed by atoms with Crippen LogP contribution >= 0.6 is 11.8 Å². The number of hydrogen-bond acceptors (Lipinski definition) is 4. The van der Waals surface area contributed by atoms with E-state index in [9.17, 15) is 14.7 Å². The first-order valence-corrected chi connectivity index (χ1v) is 8.78. The van der Waals surface area contributed by atoms with Crippen molar-refractivity contribution >= 4 is 23.6 Å². The minimum Gasteiger partial charge on any atom is -0.481 e.